The summed E-state index contributed by atoms with van der Waals surface area (Å²) in [6, 6.07) is 6.72. The molecule has 7 heteroatoms. The molecular formula is C13H11ClN2O4. The topological polar surface area (TPSA) is 81.2 Å². The van der Waals surface area contributed by atoms with Crippen LogP contribution >= 0.6 is 11.6 Å². The quantitative estimate of drug-likeness (QED) is 0.857. The molecule has 0 radical (unpaired) electrons. The molecule has 0 fully saturated rings. The highest BCUT2D eigenvalue weighted by Crippen LogP contribution is 2.11. The second kappa shape index (κ2) is 5.75. The Balaban J connectivity index is 2.46. The maximum atomic E-state index is 11.7. The Morgan fingerprint density at radius 2 is 2.05 bits per heavy atom. The lowest BCUT2D eigenvalue weighted by atomic mass is 10.1. The number of esters is 1. The van der Waals surface area contributed by atoms with Gasteiger partial charge in [0.1, 0.15) is 5.02 Å². The normalized spacial score (nSPS) is 10.3. The van der Waals surface area contributed by atoms with Crippen molar-refractivity contribution in [1.82, 2.24) is 9.55 Å². The number of carbonyl (C=O) groups is 1. The molecule has 6 nitrogen and oxygen atoms in total. The van der Waals surface area contributed by atoms with Crippen LogP contribution in [-0.2, 0) is 11.3 Å². The van der Waals surface area contributed by atoms with Crippen molar-refractivity contribution in [2.75, 3.05) is 7.11 Å². The first-order chi connectivity index (χ1) is 9.52. The molecule has 0 atom stereocenters. The number of nitrogens with zero attached hydrogens (tertiary/aromatic N) is 1. The van der Waals surface area contributed by atoms with E-state index in [0.29, 0.717) is 11.1 Å². The van der Waals surface area contributed by atoms with Crippen molar-refractivity contribution in [2.45, 2.75) is 6.54 Å². The summed E-state index contributed by atoms with van der Waals surface area (Å²) in [4.78, 5) is 36.6. The number of rotatable bonds is 3. The van der Waals surface area contributed by atoms with Crippen LogP contribution in [0.2, 0.25) is 5.02 Å². The summed E-state index contributed by atoms with van der Waals surface area (Å²) in [7, 11) is 1.28. The number of methoxy groups -OCH3 is 1. The van der Waals surface area contributed by atoms with Crippen LogP contribution in [0.5, 0.6) is 0 Å². The zero-order chi connectivity index (χ0) is 14.7. The first kappa shape index (κ1) is 14.1. The van der Waals surface area contributed by atoms with Crippen molar-refractivity contribution in [3.05, 3.63) is 67.4 Å². The molecule has 1 heterocycles. The van der Waals surface area contributed by atoms with E-state index >= 15 is 0 Å². The third kappa shape index (κ3) is 2.80. The van der Waals surface area contributed by atoms with E-state index in [9.17, 15) is 14.4 Å². The van der Waals surface area contributed by atoms with E-state index in [2.05, 4.69) is 9.72 Å². The highest BCUT2D eigenvalue weighted by Gasteiger charge is 2.12. The summed E-state index contributed by atoms with van der Waals surface area (Å²) in [5, 5.41) is -0.0971. The molecule has 0 amide bonds. The van der Waals surface area contributed by atoms with Gasteiger partial charge in [0.25, 0.3) is 5.56 Å². The van der Waals surface area contributed by atoms with Gasteiger partial charge < -0.3 is 4.74 Å². The fourth-order valence-corrected chi connectivity index (χ4v) is 1.92. The van der Waals surface area contributed by atoms with E-state index in [4.69, 9.17) is 11.6 Å². The maximum absolute atomic E-state index is 11.7. The Morgan fingerprint density at radius 3 is 2.75 bits per heavy atom. The zero-order valence-electron chi connectivity index (χ0n) is 10.6. The van der Waals surface area contributed by atoms with Crippen molar-refractivity contribution in [3.8, 4) is 0 Å². The van der Waals surface area contributed by atoms with Gasteiger partial charge in [-0.15, -0.1) is 0 Å². The molecule has 0 spiro atoms. The highest BCUT2D eigenvalue weighted by atomic mass is 35.5. The van der Waals surface area contributed by atoms with Crippen LogP contribution in [0.15, 0.2) is 40.1 Å². The Hall–Kier alpha value is -2.34. The Labute approximate surface area is 118 Å². The van der Waals surface area contributed by atoms with Gasteiger partial charge >= 0.3 is 11.7 Å². The van der Waals surface area contributed by atoms with Crippen molar-refractivity contribution in [3.63, 3.8) is 0 Å². The number of ether oxygens (including phenoxy) is 1. The minimum absolute atomic E-state index is 0.0971. The monoisotopic (exact) mass is 294 g/mol. The van der Waals surface area contributed by atoms with E-state index in [1.54, 1.807) is 24.3 Å². The molecule has 1 aromatic heterocycles. The zero-order valence-corrected chi connectivity index (χ0v) is 11.3. The SMILES string of the molecule is COC(=O)c1ccccc1Cn1cc(Cl)c(=O)[nH]c1=O. The third-order valence-electron chi connectivity index (χ3n) is 2.73. The van der Waals surface area contributed by atoms with Crippen LogP contribution < -0.4 is 11.2 Å². The van der Waals surface area contributed by atoms with Crippen LogP contribution in [-0.4, -0.2) is 22.6 Å². The third-order valence-corrected chi connectivity index (χ3v) is 3.00. The second-order valence-corrected chi connectivity index (χ2v) is 4.42. The minimum atomic E-state index is -0.644. The molecule has 104 valence electrons. The van der Waals surface area contributed by atoms with Gasteiger partial charge in [-0.2, -0.15) is 0 Å². The maximum Gasteiger partial charge on any atom is 0.338 e. The lowest BCUT2D eigenvalue weighted by Gasteiger charge is -2.09. The number of carbonyl (C=O) groups excluding carboxylic acids is 1. The summed E-state index contributed by atoms with van der Waals surface area (Å²) < 4.78 is 5.89. The first-order valence-electron chi connectivity index (χ1n) is 5.68. The number of aromatic amines is 1. The molecule has 0 unspecified atom stereocenters. The molecule has 2 rings (SSSR count). The summed E-state index contributed by atoms with van der Waals surface area (Å²) >= 11 is 5.69. The highest BCUT2D eigenvalue weighted by molar-refractivity contribution is 6.30. The van der Waals surface area contributed by atoms with E-state index < -0.39 is 17.2 Å². The number of nitrogens with one attached hydrogen (secondary N) is 1. The summed E-state index contributed by atoms with van der Waals surface area (Å²) in [5.41, 5.74) is -0.304. The Kier molecular flexibility index (Phi) is 4.05. The number of hydrogen-bond donors (Lipinski definition) is 1. The molecule has 1 N–H and O–H groups in total. The van der Waals surface area contributed by atoms with Gasteiger partial charge in [0.15, 0.2) is 0 Å². The van der Waals surface area contributed by atoms with Crippen molar-refractivity contribution in [1.29, 1.82) is 0 Å². The van der Waals surface area contributed by atoms with Crippen LogP contribution in [0.4, 0.5) is 0 Å². The van der Waals surface area contributed by atoms with Gasteiger partial charge in [0.05, 0.1) is 19.2 Å². The molecule has 0 aliphatic rings. The molecule has 0 bridgehead atoms. The predicted molar refractivity (Wildman–Crippen MR) is 73.2 cm³/mol. The fourth-order valence-electron chi connectivity index (χ4n) is 1.75. The van der Waals surface area contributed by atoms with Crippen molar-refractivity contribution in [2.24, 2.45) is 0 Å². The fraction of sp³-hybridized carbons (Fsp3) is 0.154. The summed E-state index contributed by atoms with van der Waals surface area (Å²) in [5.74, 6) is -0.496. The minimum Gasteiger partial charge on any atom is -0.465 e. The first-order valence-corrected chi connectivity index (χ1v) is 6.06. The van der Waals surface area contributed by atoms with Crippen molar-refractivity contribution >= 4 is 17.6 Å². The Bertz CT molecular complexity index is 763. The van der Waals surface area contributed by atoms with Gasteiger partial charge in [0, 0.05) is 6.20 Å². The average molecular weight is 295 g/mol. The predicted octanol–water partition coefficient (Wildman–Crippen LogP) is 1.02. The van der Waals surface area contributed by atoms with Crippen molar-refractivity contribution < 1.29 is 9.53 Å². The lowest BCUT2D eigenvalue weighted by Crippen LogP contribution is -2.30. The number of H-pyrrole nitrogens is 1. The molecule has 2 aromatic rings. The molecule has 20 heavy (non-hydrogen) atoms. The van der Waals surface area contributed by atoms with Gasteiger partial charge in [-0.1, -0.05) is 29.8 Å². The number of aromatic nitrogens is 2. The smallest absolute Gasteiger partial charge is 0.338 e. The van der Waals surface area contributed by atoms with Gasteiger partial charge in [-0.25, -0.2) is 9.59 Å². The van der Waals surface area contributed by atoms with E-state index in [0.717, 1.165) is 0 Å². The summed E-state index contributed by atoms with van der Waals surface area (Å²) in [6.45, 7) is 0.0978. The summed E-state index contributed by atoms with van der Waals surface area (Å²) in [6.07, 6.45) is 1.23. The van der Waals surface area contributed by atoms with Crippen LogP contribution in [0, 0.1) is 0 Å². The van der Waals surface area contributed by atoms with E-state index in [1.807, 2.05) is 0 Å². The largest absolute Gasteiger partial charge is 0.465 e. The Morgan fingerprint density at radius 1 is 1.35 bits per heavy atom. The second-order valence-electron chi connectivity index (χ2n) is 4.01. The standard InChI is InChI=1S/C13H11ClN2O4/c1-20-12(18)9-5-3-2-4-8(9)6-16-7-10(14)11(17)15-13(16)19/h2-5,7H,6H2,1H3,(H,15,17,19). The van der Waals surface area contributed by atoms with Gasteiger partial charge in [-0.05, 0) is 11.6 Å². The van der Waals surface area contributed by atoms with Crippen LogP contribution in [0.3, 0.4) is 0 Å². The molecule has 0 saturated carbocycles. The van der Waals surface area contributed by atoms with E-state index in [-0.39, 0.29) is 11.6 Å². The molecule has 0 aliphatic heterocycles. The number of benzene rings is 1. The number of hydrogen-bond acceptors (Lipinski definition) is 4. The molecule has 0 aliphatic carbocycles. The molecule has 0 saturated heterocycles. The van der Waals surface area contributed by atoms with Crippen LogP contribution in [0.1, 0.15) is 15.9 Å². The van der Waals surface area contributed by atoms with E-state index in [1.165, 1.54) is 17.9 Å². The molecule has 1 aromatic carbocycles. The molecular weight excluding hydrogens is 284 g/mol. The lowest BCUT2D eigenvalue weighted by molar-refractivity contribution is 0.0599. The van der Waals surface area contributed by atoms with Gasteiger partial charge in [0.2, 0.25) is 0 Å². The number of halogens is 1. The van der Waals surface area contributed by atoms with Crippen LogP contribution in [0.25, 0.3) is 0 Å². The van der Waals surface area contributed by atoms with Gasteiger partial charge in [-0.3, -0.25) is 14.3 Å². The average Bonchev–Trinajstić information content (AvgIpc) is 2.44.